The Bertz CT molecular complexity index is 1050. The molecule has 1 saturated heterocycles. The highest BCUT2D eigenvalue weighted by molar-refractivity contribution is 6.30. The first-order chi connectivity index (χ1) is 14.4. The zero-order valence-electron chi connectivity index (χ0n) is 16.9. The van der Waals surface area contributed by atoms with Gasteiger partial charge in [-0.2, -0.15) is 15.0 Å². The summed E-state index contributed by atoms with van der Waals surface area (Å²) in [6.07, 6.45) is 3.99. The Morgan fingerprint density at radius 3 is 2.77 bits per heavy atom. The van der Waals surface area contributed by atoms with E-state index in [1.165, 1.54) is 4.90 Å². The van der Waals surface area contributed by atoms with Crippen molar-refractivity contribution in [2.24, 2.45) is 0 Å². The van der Waals surface area contributed by atoms with E-state index in [2.05, 4.69) is 25.3 Å². The van der Waals surface area contributed by atoms with Gasteiger partial charge in [0.15, 0.2) is 0 Å². The molecule has 4 rings (SSSR count). The number of imidazole rings is 1. The molecule has 2 aromatic heterocycles. The summed E-state index contributed by atoms with van der Waals surface area (Å²) >= 11 is 5.96. The van der Waals surface area contributed by atoms with Crippen molar-refractivity contribution in [2.45, 2.75) is 39.3 Å². The number of nitrogens with one attached hydrogen (secondary N) is 1. The maximum absolute atomic E-state index is 12.1. The van der Waals surface area contributed by atoms with Crippen molar-refractivity contribution in [3.63, 3.8) is 0 Å². The van der Waals surface area contributed by atoms with Gasteiger partial charge < -0.3 is 14.6 Å². The fraction of sp³-hybridized carbons (Fsp3) is 0.350. The molecule has 0 bridgehead atoms. The van der Waals surface area contributed by atoms with Crippen LogP contribution >= 0.6 is 11.6 Å². The van der Waals surface area contributed by atoms with Crippen LogP contribution in [0.2, 0.25) is 5.02 Å². The molecule has 156 valence electrons. The second-order valence-corrected chi connectivity index (χ2v) is 7.50. The molecule has 1 fully saturated rings. The van der Waals surface area contributed by atoms with Crippen molar-refractivity contribution < 1.29 is 9.53 Å². The van der Waals surface area contributed by atoms with Crippen LogP contribution in [0.5, 0.6) is 0 Å². The highest BCUT2D eigenvalue weighted by atomic mass is 35.5. The molecule has 1 aliphatic heterocycles. The summed E-state index contributed by atoms with van der Waals surface area (Å²) in [5.74, 6) is 1.18. The first-order valence-corrected chi connectivity index (χ1v) is 10.1. The average Bonchev–Trinajstić information content (AvgIpc) is 3.35. The lowest BCUT2D eigenvalue weighted by Gasteiger charge is -2.19. The fourth-order valence-electron chi connectivity index (χ4n) is 3.23. The molecule has 0 saturated carbocycles. The highest BCUT2D eigenvalue weighted by Crippen LogP contribution is 2.24. The summed E-state index contributed by atoms with van der Waals surface area (Å²) in [7, 11) is 0. The van der Waals surface area contributed by atoms with Crippen molar-refractivity contribution in [1.29, 1.82) is 0 Å². The van der Waals surface area contributed by atoms with Crippen molar-refractivity contribution in [2.75, 3.05) is 16.8 Å². The van der Waals surface area contributed by atoms with Gasteiger partial charge >= 0.3 is 6.09 Å². The number of hydrogen-bond donors (Lipinski definition) is 1. The number of anilines is 2. The van der Waals surface area contributed by atoms with Gasteiger partial charge in [0.2, 0.25) is 11.9 Å². The Labute approximate surface area is 179 Å². The smallest absolute Gasteiger partial charge is 0.417 e. The van der Waals surface area contributed by atoms with Crippen LogP contribution in [0.4, 0.5) is 16.7 Å². The third-order valence-corrected chi connectivity index (χ3v) is 5.15. The van der Waals surface area contributed by atoms with Gasteiger partial charge in [0, 0.05) is 16.9 Å². The Kier molecular flexibility index (Phi) is 5.54. The number of carbonyl (C=O) groups excluding carboxylic acids is 1. The molecule has 10 heteroatoms. The Balaban J connectivity index is 1.54. The zero-order chi connectivity index (χ0) is 21.3. The molecule has 1 N–H and O–H groups in total. The summed E-state index contributed by atoms with van der Waals surface area (Å²) in [4.78, 5) is 31.2. The van der Waals surface area contributed by atoms with E-state index in [0.29, 0.717) is 29.4 Å². The maximum atomic E-state index is 12.1. The lowest BCUT2D eigenvalue weighted by atomic mass is 10.2. The first-order valence-electron chi connectivity index (χ1n) is 9.69. The molecule has 1 amide bonds. The fourth-order valence-corrected chi connectivity index (χ4v) is 3.36. The van der Waals surface area contributed by atoms with Gasteiger partial charge in [-0.1, -0.05) is 18.5 Å². The molecule has 9 nitrogen and oxygen atoms in total. The minimum atomic E-state index is -0.437. The van der Waals surface area contributed by atoms with Gasteiger partial charge in [-0.05, 0) is 44.5 Å². The predicted molar refractivity (Wildman–Crippen MR) is 113 cm³/mol. The molecule has 1 aliphatic rings. The maximum Gasteiger partial charge on any atom is 0.417 e. The van der Waals surface area contributed by atoms with Crippen LogP contribution in [-0.4, -0.2) is 43.2 Å². The van der Waals surface area contributed by atoms with E-state index in [4.69, 9.17) is 16.3 Å². The van der Waals surface area contributed by atoms with Gasteiger partial charge in [0.05, 0.1) is 24.1 Å². The van der Waals surface area contributed by atoms with Crippen LogP contribution in [-0.2, 0) is 4.74 Å². The topological polar surface area (TPSA) is 98.1 Å². The van der Waals surface area contributed by atoms with Crippen molar-refractivity contribution in [3.05, 3.63) is 53.3 Å². The standard InChI is InChI=1S/C20H22ClN7O2/c1-4-15-10-30-20(29)28(15)19-25-13(3)24-18(26-19)23-12(2)17-9-27(11-22-17)16-7-5-14(21)6-8-16/h5-9,11-12,15H,4,10H2,1-3H3,(H,23,24,25,26)/t12-,15?/m1/s1. The van der Waals surface area contributed by atoms with E-state index in [1.54, 1.807) is 13.3 Å². The molecule has 3 heterocycles. The lowest BCUT2D eigenvalue weighted by Crippen LogP contribution is -2.34. The zero-order valence-corrected chi connectivity index (χ0v) is 17.7. The minimum Gasteiger partial charge on any atom is -0.447 e. The summed E-state index contributed by atoms with van der Waals surface area (Å²) in [5.41, 5.74) is 1.78. The van der Waals surface area contributed by atoms with Crippen molar-refractivity contribution >= 4 is 29.6 Å². The highest BCUT2D eigenvalue weighted by Gasteiger charge is 2.35. The van der Waals surface area contributed by atoms with Crippen molar-refractivity contribution in [3.8, 4) is 5.69 Å². The molecule has 0 aliphatic carbocycles. The SMILES string of the molecule is CCC1COC(=O)N1c1nc(C)nc(N[C@H](C)c2cn(-c3ccc(Cl)cc3)cn2)n1. The van der Waals surface area contributed by atoms with Crippen molar-refractivity contribution in [1.82, 2.24) is 24.5 Å². The molecular weight excluding hydrogens is 406 g/mol. The van der Waals surface area contributed by atoms with Gasteiger partial charge in [-0.3, -0.25) is 0 Å². The molecule has 2 atom stereocenters. The molecule has 0 spiro atoms. The summed E-state index contributed by atoms with van der Waals surface area (Å²) in [6, 6.07) is 7.26. The number of aromatic nitrogens is 5. The van der Waals surface area contributed by atoms with E-state index in [9.17, 15) is 4.79 Å². The molecule has 3 aromatic rings. The van der Waals surface area contributed by atoms with Crippen LogP contribution in [0.3, 0.4) is 0 Å². The summed E-state index contributed by atoms with van der Waals surface area (Å²) in [5, 5.41) is 3.93. The number of benzene rings is 1. The Hall–Kier alpha value is -3.20. The monoisotopic (exact) mass is 427 g/mol. The van der Waals surface area contributed by atoms with E-state index in [1.807, 2.05) is 48.9 Å². The number of nitrogens with zero attached hydrogens (tertiary/aromatic N) is 6. The molecule has 1 aromatic carbocycles. The first kappa shape index (κ1) is 20.1. The third kappa shape index (κ3) is 4.06. The third-order valence-electron chi connectivity index (χ3n) is 4.90. The van der Waals surface area contributed by atoms with Gasteiger partial charge in [0.1, 0.15) is 12.4 Å². The summed E-state index contributed by atoms with van der Waals surface area (Å²) in [6.45, 7) is 6.05. The van der Waals surface area contributed by atoms with Gasteiger partial charge in [-0.15, -0.1) is 0 Å². The Morgan fingerprint density at radius 2 is 2.03 bits per heavy atom. The average molecular weight is 428 g/mol. The number of carbonyl (C=O) groups is 1. The minimum absolute atomic E-state index is 0.0837. The Morgan fingerprint density at radius 1 is 1.27 bits per heavy atom. The number of rotatable bonds is 6. The van der Waals surface area contributed by atoms with Crippen LogP contribution in [0.1, 0.15) is 37.8 Å². The van der Waals surface area contributed by atoms with Crippen LogP contribution in [0, 0.1) is 6.92 Å². The number of ether oxygens (including phenoxy) is 1. The molecule has 30 heavy (non-hydrogen) atoms. The number of aryl methyl sites for hydroxylation is 1. The van der Waals surface area contributed by atoms with E-state index >= 15 is 0 Å². The predicted octanol–water partition coefficient (Wildman–Crippen LogP) is 3.93. The van der Waals surface area contributed by atoms with E-state index in [-0.39, 0.29) is 12.1 Å². The van der Waals surface area contributed by atoms with Crippen LogP contribution in [0.25, 0.3) is 5.69 Å². The molecule has 0 radical (unpaired) electrons. The normalized spacial score (nSPS) is 17.1. The van der Waals surface area contributed by atoms with E-state index in [0.717, 1.165) is 17.8 Å². The van der Waals surface area contributed by atoms with E-state index < -0.39 is 6.09 Å². The second kappa shape index (κ2) is 8.27. The van der Waals surface area contributed by atoms with Gasteiger partial charge in [-0.25, -0.2) is 14.7 Å². The van der Waals surface area contributed by atoms with Gasteiger partial charge in [0.25, 0.3) is 0 Å². The molecule has 1 unspecified atom stereocenters. The number of hydrogen-bond acceptors (Lipinski definition) is 7. The molecular formula is C20H22ClN7O2. The van der Waals surface area contributed by atoms with Crippen LogP contribution in [0.15, 0.2) is 36.8 Å². The lowest BCUT2D eigenvalue weighted by molar-refractivity contribution is 0.178. The quantitative estimate of drug-likeness (QED) is 0.636. The summed E-state index contributed by atoms with van der Waals surface area (Å²) < 4.78 is 7.07. The number of halogens is 1. The second-order valence-electron chi connectivity index (χ2n) is 7.06. The number of amides is 1. The van der Waals surface area contributed by atoms with Crippen LogP contribution < -0.4 is 10.2 Å². The largest absolute Gasteiger partial charge is 0.447 e. The number of cyclic esters (lactones) is 1.